The van der Waals surface area contributed by atoms with E-state index in [1.165, 1.54) is 32.1 Å². The van der Waals surface area contributed by atoms with Gasteiger partial charge >= 0.3 is 0 Å². The van der Waals surface area contributed by atoms with Gasteiger partial charge < -0.3 is 11.1 Å². The second-order valence-electron chi connectivity index (χ2n) is 4.97. The van der Waals surface area contributed by atoms with Crippen molar-refractivity contribution in [3.05, 3.63) is 18.0 Å². The van der Waals surface area contributed by atoms with Crippen molar-refractivity contribution in [2.75, 3.05) is 11.9 Å². The van der Waals surface area contributed by atoms with Gasteiger partial charge in [-0.25, -0.2) is 9.97 Å². The summed E-state index contributed by atoms with van der Waals surface area (Å²) in [6.07, 6.45) is 10.3. The van der Waals surface area contributed by atoms with Crippen LogP contribution in [0.25, 0.3) is 0 Å². The van der Waals surface area contributed by atoms with E-state index in [0.717, 1.165) is 5.56 Å². The van der Waals surface area contributed by atoms with Crippen LogP contribution in [0.1, 0.15) is 37.7 Å². The van der Waals surface area contributed by atoms with E-state index in [2.05, 4.69) is 15.3 Å². The van der Waals surface area contributed by atoms with E-state index in [9.17, 15) is 0 Å². The van der Waals surface area contributed by atoms with Crippen molar-refractivity contribution in [3.63, 3.8) is 0 Å². The Balaban J connectivity index is 1.96. The molecule has 1 aromatic rings. The highest BCUT2D eigenvalue weighted by molar-refractivity contribution is 5.26. The summed E-state index contributed by atoms with van der Waals surface area (Å²) in [5.41, 5.74) is 6.94. The zero-order valence-corrected chi connectivity index (χ0v) is 10.5. The van der Waals surface area contributed by atoms with Gasteiger partial charge in [0.15, 0.2) is 0 Å². The number of hydrogen-bond acceptors (Lipinski definition) is 4. The molecule has 94 valence electrons. The Kier molecular flexibility index (Phi) is 4.31. The standard InChI is InChI=1S/C13H22N4/c1-10-8-15-13(16-9-10)17-12(7-14)11-5-3-2-4-6-11/h8-9,11-12H,2-7,14H2,1H3,(H,15,16,17)/t12-/m0/s1. The van der Waals surface area contributed by atoms with E-state index in [1.807, 2.05) is 19.3 Å². The number of aromatic nitrogens is 2. The fraction of sp³-hybridized carbons (Fsp3) is 0.692. The van der Waals surface area contributed by atoms with E-state index >= 15 is 0 Å². The van der Waals surface area contributed by atoms with Crippen LogP contribution in [-0.4, -0.2) is 22.6 Å². The molecule has 4 nitrogen and oxygen atoms in total. The summed E-state index contributed by atoms with van der Waals surface area (Å²) in [7, 11) is 0. The largest absolute Gasteiger partial charge is 0.350 e. The van der Waals surface area contributed by atoms with E-state index in [1.54, 1.807) is 0 Å². The van der Waals surface area contributed by atoms with Crippen LogP contribution in [0.4, 0.5) is 5.95 Å². The van der Waals surface area contributed by atoms with Gasteiger partial charge in [-0.15, -0.1) is 0 Å². The predicted octanol–water partition coefficient (Wildman–Crippen LogP) is 2.10. The molecule has 0 amide bonds. The third kappa shape index (κ3) is 3.40. The van der Waals surface area contributed by atoms with Crippen LogP contribution in [0.15, 0.2) is 12.4 Å². The topological polar surface area (TPSA) is 63.8 Å². The summed E-state index contributed by atoms with van der Waals surface area (Å²) in [4.78, 5) is 8.57. The quantitative estimate of drug-likeness (QED) is 0.837. The predicted molar refractivity (Wildman–Crippen MR) is 69.8 cm³/mol. The Morgan fingerprint density at radius 3 is 2.53 bits per heavy atom. The van der Waals surface area contributed by atoms with E-state index in [4.69, 9.17) is 5.73 Å². The minimum absolute atomic E-state index is 0.318. The number of hydrogen-bond donors (Lipinski definition) is 2. The fourth-order valence-corrected chi connectivity index (χ4v) is 2.54. The molecule has 2 rings (SSSR count). The van der Waals surface area contributed by atoms with Gasteiger partial charge in [-0.1, -0.05) is 19.3 Å². The van der Waals surface area contributed by atoms with Crippen molar-refractivity contribution < 1.29 is 0 Å². The molecular weight excluding hydrogens is 212 g/mol. The lowest BCUT2D eigenvalue weighted by Gasteiger charge is -2.30. The molecular formula is C13H22N4. The van der Waals surface area contributed by atoms with Gasteiger partial charge in [0.25, 0.3) is 0 Å². The lowest BCUT2D eigenvalue weighted by molar-refractivity contribution is 0.320. The lowest BCUT2D eigenvalue weighted by atomic mass is 9.84. The summed E-state index contributed by atoms with van der Waals surface area (Å²) in [5, 5.41) is 3.38. The zero-order chi connectivity index (χ0) is 12.1. The normalized spacial score (nSPS) is 18.9. The third-order valence-electron chi connectivity index (χ3n) is 3.57. The van der Waals surface area contributed by atoms with Crippen molar-refractivity contribution in [2.24, 2.45) is 11.7 Å². The Bertz CT molecular complexity index is 330. The first-order valence-electron chi connectivity index (χ1n) is 6.55. The molecule has 3 N–H and O–H groups in total. The number of rotatable bonds is 4. The second-order valence-corrected chi connectivity index (χ2v) is 4.97. The summed E-state index contributed by atoms with van der Waals surface area (Å²) >= 11 is 0. The SMILES string of the molecule is Cc1cnc(N[C@@H](CN)C2CCCCC2)nc1. The molecule has 1 saturated carbocycles. The van der Waals surface area contributed by atoms with Gasteiger partial charge in [0.2, 0.25) is 5.95 Å². The van der Waals surface area contributed by atoms with Crippen LogP contribution in [0.2, 0.25) is 0 Å². The molecule has 1 aromatic heterocycles. The Hall–Kier alpha value is -1.16. The van der Waals surface area contributed by atoms with Crippen molar-refractivity contribution in [2.45, 2.75) is 45.1 Å². The molecule has 0 spiro atoms. The molecule has 0 radical (unpaired) electrons. The third-order valence-corrected chi connectivity index (χ3v) is 3.57. The first kappa shape index (κ1) is 12.3. The number of anilines is 1. The molecule has 17 heavy (non-hydrogen) atoms. The number of nitrogens with zero attached hydrogens (tertiary/aromatic N) is 2. The van der Waals surface area contributed by atoms with Crippen LogP contribution in [0.3, 0.4) is 0 Å². The molecule has 1 heterocycles. The molecule has 0 bridgehead atoms. The van der Waals surface area contributed by atoms with E-state index in [0.29, 0.717) is 24.5 Å². The Morgan fingerprint density at radius 2 is 1.94 bits per heavy atom. The molecule has 0 unspecified atom stereocenters. The van der Waals surface area contributed by atoms with Crippen molar-refractivity contribution in [3.8, 4) is 0 Å². The molecule has 1 aliphatic rings. The molecule has 1 atom stereocenters. The van der Waals surface area contributed by atoms with Gasteiger partial charge in [0.05, 0.1) is 0 Å². The minimum atomic E-state index is 0.318. The van der Waals surface area contributed by atoms with Crippen molar-refractivity contribution >= 4 is 5.95 Å². The molecule has 0 aromatic carbocycles. The second kappa shape index (κ2) is 5.96. The maximum absolute atomic E-state index is 5.86. The van der Waals surface area contributed by atoms with Crippen LogP contribution >= 0.6 is 0 Å². The molecule has 1 aliphatic carbocycles. The van der Waals surface area contributed by atoms with E-state index < -0.39 is 0 Å². The van der Waals surface area contributed by atoms with Crippen molar-refractivity contribution in [1.82, 2.24) is 9.97 Å². The highest BCUT2D eigenvalue weighted by Crippen LogP contribution is 2.27. The first-order chi connectivity index (χ1) is 8.29. The average molecular weight is 234 g/mol. The summed E-state index contributed by atoms with van der Waals surface area (Å²) in [5.74, 6) is 1.38. The zero-order valence-electron chi connectivity index (χ0n) is 10.5. The van der Waals surface area contributed by atoms with Crippen LogP contribution in [0, 0.1) is 12.8 Å². The maximum Gasteiger partial charge on any atom is 0.222 e. The lowest BCUT2D eigenvalue weighted by Crippen LogP contribution is -2.37. The fourth-order valence-electron chi connectivity index (χ4n) is 2.54. The average Bonchev–Trinajstić information content (AvgIpc) is 2.39. The smallest absolute Gasteiger partial charge is 0.222 e. The van der Waals surface area contributed by atoms with Crippen LogP contribution in [-0.2, 0) is 0 Å². The molecule has 4 heteroatoms. The summed E-state index contributed by atoms with van der Waals surface area (Å²) < 4.78 is 0. The first-order valence-corrected chi connectivity index (χ1v) is 6.55. The van der Waals surface area contributed by atoms with Gasteiger partial charge in [-0.05, 0) is 31.2 Å². The maximum atomic E-state index is 5.86. The van der Waals surface area contributed by atoms with Gasteiger partial charge in [-0.3, -0.25) is 0 Å². The highest BCUT2D eigenvalue weighted by atomic mass is 15.1. The summed E-state index contributed by atoms with van der Waals surface area (Å²) in [6, 6.07) is 0.318. The van der Waals surface area contributed by atoms with Gasteiger partial charge in [0.1, 0.15) is 0 Å². The Labute approximate surface area is 103 Å². The molecule has 0 aliphatic heterocycles. The molecule has 0 saturated heterocycles. The number of nitrogens with one attached hydrogen (secondary N) is 1. The monoisotopic (exact) mass is 234 g/mol. The number of nitrogens with two attached hydrogens (primary N) is 1. The minimum Gasteiger partial charge on any atom is -0.350 e. The van der Waals surface area contributed by atoms with Gasteiger partial charge in [0, 0.05) is 25.0 Å². The Morgan fingerprint density at radius 1 is 1.29 bits per heavy atom. The summed E-state index contributed by atoms with van der Waals surface area (Å²) in [6.45, 7) is 2.65. The van der Waals surface area contributed by atoms with Gasteiger partial charge in [-0.2, -0.15) is 0 Å². The van der Waals surface area contributed by atoms with Crippen molar-refractivity contribution in [1.29, 1.82) is 0 Å². The van der Waals surface area contributed by atoms with Crippen LogP contribution in [0.5, 0.6) is 0 Å². The van der Waals surface area contributed by atoms with Crippen LogP contribution < -0.4 is 11.1 Å². The molecule has 1 fully saturated rings. The van der Waals surface area contributed by atoms with E-state index in [-0.39, 0.29) is 0 Å². The number of aryl methyl sites for hydroxylation is 1. The highest BCUT2D eigenvalue weighted by Gasteiger charge is 2.22.